The number of aliphatic hydroxyl groups is 1. The van der Waals surface area contributed by atoms with Crippen LogP contribution in [0.25, 0.3) is 17.3 Å². The van der Waals surface area contributed by atoms with Crippen molar-refractivity contribution in [2.75, 3.05) is 17.6 Å². The zero-order chi connectivity index (χ0) is 24.1. The van der Waals surface area contributed by atoms with E-state index >= 15 is 0 Å². The smallest absolute Gasteiger partial charge is 0.545 e. The maximum atomic E-state index is 13.5. The van der Waals surface area contributed by atoms with Crippen molar-refractivity contribution in [1.82, 2.24) is 9.97 Å². The van der Waals surface area contributed by atoms with Crippen LogP contribution >= 0.6 is 0 Å². The second kappa shape index (κ2) is 12.4. The Kier molecular flexibility index (Phi) is 10.9. The van der Waals surface area contributed by atoms with Gasteiger partial charge < -0.3 is 15.0 Å². The van der Waals surface area contributed by atoms with Crippen molar-refractivity contribution >= 4 is 28.0 Å². The molecule has 0 saturated carbocycles. The molecule has 0 unspecified atom stereocenters. The Hall–Kier alpha value is -2.11. The molecular weight excluding hydrogens is 460 g/mol. The Bertz CT molecular complexity index is 1140. The molecule has 1 N–H and O–H groups in total. The van der Waals surface area contributed by atoms with E-state index < -0.39 is 27.9 Å². The first-order chi connectivity index (χ1) is 14.9. The van der Waals surface area contributed by atoms with E-state index in [0.29, 0.717) is 22.5 Å². The Balaban J connectivity index is 0.00000544. The number of aromatic nitrogens is 2. The topological polar surface area (TPSA) is 124 Å². The number of hydrogen-bond acceptors (Lipinski definition) is 7. The number of aliphatic hydroxyl groups excluding tert-OH is 1. The third kappa shape index (κ3) is 8.31. The van der Waals surface area contributed by atoms with Crippen molar-refractivity contribution in [2.24, 2.45) is 0 Å². The largest absolute Gasteiger partial charge is 1.00 e. The Labute approximate surface area is 215 Å². The Morgan fingerprint density at radius 1 is 1.24 bits per heavy atom. The van der Waals surface area contributed by atoms with Crippen LogP contribution in [0.3, 0.4) is 0 Å². The molecule has 172 valence electrons. The van der Waals surface area contributed by atoms with E-state index in [0.717, 1.165) is 16.6 Å². The molecule has 0 saturated heterocycles. The van der Waals surface area contributed by atoms with E-state index in [1.807, 2.05) is 13.8 Å². The van der Waals surface area contributed by atoms with Gasteiger partial charge in [0.25, 0.3) is 0 Å². The molecule has 0 aliphatic carbocycles. The number of benzene rings is 1. The predicted molar refractivity (Wildman–Crippen MR) is 119 cm³/mol. The molecule has 0 amide bonds. The van der Waals surface area contributed by atoms with Gasteiger partial charge in [-0.1, -0.05) is 32.1 Å². The number of hydrogen-bond donors (Lipinski definition) is 1. The summed E-state index contributed by atoms with van der Waals surface area (Å²) in [6.45, 7) is 3.74. The molecule has 33 heavy (non-hydrogen) atoms. The van der Waals surface area contributed by atoms with Crippen molar-refractivity contribution in [1.29, 1.82) is 0 Å². The number of sulfonamides is 1. The van der Waals surface area contributed by atoms with Crippen LogP contribution in [0, 0.1) is 5.82 Å². The van der Waals surface area contributed by atoms with Gasteiger partial charge in [0.05, 0.1) is 29.7 Å². The first kappa shape index (κ1) is 28.9. The van der Waals surface area contributed by atoms with Gasteiger partial charge in [0, 0.05) is 18.2 Å². The molecule has 0 spiro atoms. The zero-order valence-electron chi connectivity index (χ0n) is 19.2. The second-order valence-electron chi connectivity index (χ2n) is 7.45. The van der Waals surface area contributed by atoms with Crippen LogP contribution in [-0.4, -0.2) is 48.9 Å². The van der Waals surface area contributed by atoms with Gasteiger partial charge in [-0.3, -0.25) is 0 Å². The van der Waals surface area contributed by atoms with Crippen molar-refractivity contribution in [2.45, 2.75) is 32.3 Å². The minimum Gasteiger partial charge on any atom is -0.545 e. The van der Waals surface area contributed by atoms with Gasteiger partial charge >= 0.3 is 29.6 Å². The predicted octanol–water partition coefficient (Wildman–Crippen LogP) is -1.12. The SMILES string of the molecule is CC(C)c1nc(N(C)S(C)(=O)=O)nc(-c2ccc(F)cc2)c1/C=C/[C@@H](O)C/C=C/C(=O)[O-].[Na+]. The van der Waals surface area contributed by atoms with Crippen LogP contribution in [0.15, 0.2) is 42.5 Å². The van der Waals surface area contributed by atoms with Crippen LogP contribution in [-0.2, 0) is 14.8 Å². The van der Waals surface area contributed by atoms with Gasteiger partial charge in [-0.05, 0) is 42.7 Å². The minimum absolute atomic E-state index is 0. The maximum absolute atomic E-state index is 13.5. The van der Waals surface area contributed by atoms with Gasteiger partial charge in [0.2, 0.25) is 16.0 Å². The summed E-state index contributed by atoms with van der Waals surface area (Å²) in [5.74, 6) is -1.97. The van der Waals surface area contributed by atoms with Crippen LogP contribution in [0.1, 0.15) is 37.4 Å². The maximum Gasteiger partial charge on any atom is 1.00 e. The van der Waals surface area contributed by atoms with E-state index in [1.165, 1.54) is 43.5 Å². The first-order valence-electron chi connectivity index (χ1n) is 9.75. The molecule has 8 nitrogen and oxygen atoms in total. The number of aliphatic carboxylic acids is 1. The van der Waals surface area contributed by atoms with Crippen molar-refractivity contribution in [3.63, 3.8) is 0 Å². The van der Waals surface area contributed by atoms with Crippen molar-refractivity contribution in [3.8, 4) is 11.3 Å². The number of carbonyl (C=O) groups is 1. The number of carboxylic acids is 1. The van der Waals surface area contributed by atoms with Crippen LogP contribution in [0.5, 0.6) is 0 Å². The number of carbonyl (C=O) groups excluding carboxylic acids is 1. The molecule has 0 aliphatic rings. The number of anilines is 1. The summed E-state index contributed by atoms with van der Waals surface area (Å²) in [6, 6.07) is 5.56. The number of nitrogens with zero attached hydrogens (tertiary/aromatic N) is 3. The Morgan fingerprint density at radius 2 is 1.85 bits per heavy atom. The summed E-state index contributed by atoms with van der Waals surface area (Å²) in [4.78, 5) is 19.3. The zero-order valence-corrected chi connectivity index (χ0v) is 22.0. The minimum atomic E-state index is -3.63. The number of carboxylic acid groups (broad SMARTS) is 1. The fourth-order valence-electron chi connectivity index (χ4n) is 2.79. The third-order valence-electron chi connectivity index (χ3n) is 4.52. The van der Waals surface area contributed by atoms with Crippen molar-refractivity contribution in [3.05, 3.63) is 59.6 Å². The molecule has 1 heterocycles. The fraction of sp³-hybridized carbons (Fsp3) is 0.318. The van der Waals surface area contributed by atoms with Crippen LogP contribution < -0.4 is 39.0 Å². The van der Waals surface area contributed by atoms with Crippen molar-refractivity contribution < 1.29 is 57.4 Å². The number of rotatable bonds is 9. The molecule has 1 atom stereocenters. The van der Waals surface area contributed by atoms with E-state index in [9.17, 15) is 27.8 Å². The summed E-state index contributed by atoms with van der Waals surface area (Å²) in [6.07, 6.45) is 5.24. The summed E-state index contributed by atoms with van der Waals surface area (Å²) in [5.41, 5.74) is 1.95. The third-order valence-corrected chi connectivity index (χ3v) is 5.68. The van der Waals surface area contributed by atoms with Gasteiger partial charge in [0.1, 0.15) is 5.82 Å². The summed E-state index contributed by atoms with van der Waals surface area (Å²) in [5, 5.41) is 20.6. The second-order valence-corrected chi connectivity index (χ2v) is 9.46. The molecule has 0 radical (unpaired) electrons. The Morgan fingerprint density at radius 3 is 2.36 bits per heavy atom. The molecule has 2 rings (SSSR count). The van der Waals surface area contributed by atoms with Gasteiger partial charge in [-0.2, -0.15) is 0 Å². The number of halogens is 1. The van der Waals surface area contributed by atoms with Crippen LogP contribution in [0.2, 0.25) is 0 Å². The molecule has 0 fully saturated rings. The molecule has 1 aromatic carbocycles. The molecule has 2 aromatic rings. The van der Waals surface area contributed by atoms with Gasteiger partial charge in [-0.25, -0.2) is 27.1 Å². The molecule has 0 bridgehead atoms. The normalized spacial score (nSPS) is 12.8. The van der Waals surface area contributed by atoms with Gasteiger partial charge in [-0.15, -0.1) is 0 Å². The molecular formula is C22H25FN3NaO5S. The van der Waals surface area contributed by atoms with E-state index in [2.05, 4.69) is 9.97 Å². The van der Waals surface area contributed by atoms with E-state index in [-0.39, 0.29) is 47.8 Å². The summed E-state index contributed by atoms with van der Waals surface area (Å²) >= 11 is 0. The monoisotopic (exact) mass is 485 g/mol. The van der Waals surface area contributed by atoms with E-state index in [1.54, 1.807) is 6.08 Å². The standard InChI is InChI=1S/C22H26FN3O5S.Na/c1-14(2)20-18(13-12-17(27)6-5-7-19(28)29)21(15-8-10-16(23)11-9-15)25-22(24-20)26(3)32(4,30)31;/h5,7-14,17,27H,6H2,1-4H3,(H,28,29);/q;+1/p-1/b7-5+,13-12+;/t17-;/m0./s1. The quantitative estimate of drug-likeness (QED) is 0.352. The molecule has 11 heteroatoms. The summed E-state index contributed by atoms with van der Waals surface area (Å²) < 4.78 is 38.5. The molecule has 1 aromatic heterocycles. The first-order valence-corrected chi connectivity index (χ1v) is 11.6. The average Bonchev–Trinajstić information content (AvgIpc) is 2.70. The van der Waals surface area contributed by atoms with Gasteiger partial charge in [0.15, 0.2) is 0 Å². The summed E-state index contributed by atoms with van der Waals surface area (Å²) in [7, 11) is -2.29. The molecule has 0 aliphatic heterocycles. The fourth-order valence-corrected chi connectivity index (χ4v) is 3.16. The van der Waals surface area contributed by atoms with E-state index in [4.69, 9.17) is 0 Å². The average molecular weight is 486 g/mol. The van der Waals surface area contributed by atoms with Crippen LogP contribution in [0.4, 0.5) is 10.3 Å².